The summed E-state index contributed by atoms with van der Waals surface area (Å²) in [6.45, 7) is 2.10. The molecule has 1 aliphatic rings. The fourth-order valence-electron chi connectivity index (χ4n) is 2.57. The van der Waals surface area contributed by atoms with Gasteiger partial charge in [-0.25, -0.2) is 0 Å². The molecule has 2 aromatic rings. The molecule has 1 atom stereocenters. The molecule has 0 saturated carbocycles. The molecule has 0 aliphatic heterocycles. The van der Waals surface area contributed by atoms with Crippen LogP contribution in [0, 0.1) is 6.92 Å². The molecule has 1 heterocycles. The van der Waals surface area contributed by atoms with Crippen molar-refractivity contribution in [3.63, 3.8) is 0 Å². The smallest absolute Gasteiger partial charge is 0.109 e. The Morgan fingerprint density at radius 3 is 3.11 bits per heavy atom. The topological polar surface area (TPSA) is 25.2 Å². The molecule has 2 nitrogen and oxygen atoms in total. The van der Waals surface area contributed by atoms with Crippen molar-refractivity contribution in [2.24, 2.45) is 0 Å². The summed E-state index contributed by atoms with van der Waals surface area (Å²) in [4.78, 5) is 0. The van der Waals surface area contributed by atoms with E-state index in [0.29, 0.717) is 6.04 Å². The minimum absolute atomic E-state index is 0.338. The van der Waals surface area contributed by atoms with E-state index in [-0.39, 0.29) is 0 Å². The summed E-state index contributed by atoms with van der Waals surface area (Å²) in [5, 5.41) is 4.36. The van der Waals surface area contributed by atoms with Gasteiger partial charge in [0.05, 0.1) is 12.3 Å². The van der Waals surface area contributed by atoms with Gasteiger partial charge in [-0.15, -0.1) is 0 Å². The predicted molar refractivity (Wildman–Crippen MR) is 74.2 cm³/mol. The highest BCUT2D eigenvalue weighted by Gasteiger charge is 2.22. The maximum Gasteiger partial charge on any atom is 0.109 e. The van der Waals surface area contributed by atoms with Crippen molar-refractivity contribution in [1.82, 2.24) is 0 Å². The van der Waals surface area contributed by atoms with E-state index in [1.54, 1.807) is 6.26 Å². The molecule has 1 unspecified atom stereocenters. The molecular weight excluding hydrogens is 246 g/mol. The van der Waals surface area contributed by atoms with Crippen LogP contribution in [0.3, 0.4) is 0 Å². The normalized spacial score (nSPS) is 18.4. The van der Waals surface area contributed by atoms with Crippen LogP contribution in [0.15, 0.2) is 34.9 Å². The van der Waals surface area contributed by atoms with E-state index in [1.165, 1.54) is 11.1 Å². The fourth-order valence-corrected chi connectivity index (χ4v) is 2.75. The van der Waals surface area contributed by atoms with E-state index in [4.69, 9.17) is 16.0 Å². The van der Waals surface area contributed by atoms with Crippen molar-refractivity contribution in [1.29, 1.82) is 0 Å². The third-order valence-electron chi connectivity index (χ3n) is 3.58. The summed E-state index contributed by atoms with van der Waals surface area (Å²) < 4.78 is 5.51. The predicted octanol–water partition coefficient (Wildman–Crippen LogP) is 4.73. The number of aryl methyl sites for hydroxylation is 2. The first-order valence-corrected chi connectivity index (χ1v) is 6.71. The van der Waals surface area contributed by atoms with Gasteiger partial charge in [-0.3, -0.25) is 0 Å². The van der Waals surface area contributed by atoms with E-state index in [0.717, 1.165) is 35.7 Å². The standard InChI is InChI=1S/C15H16ClNO/c1-10-5-6-11(16)9-14(10)17-13-3-2-4-15-12(13)7-8-18-15/h5-9,13,17H,2-4H2,1H3. The highest BCUT2D eigenvalue weighted by molar-refractivity contribution is 6.30. The molecule has 0 fully saturated rings. The second-order valence-electron chi connectivity index (χ2n) is 4.85. The van der Waals surface area contributed by atoms with E-state index in [9.17, 15) is 0 Å². The van der Waals surface area contributed by atoms with Crippen molar-refractivity contribution in [3.8, 4) is 0 Å². The van der Waals surface area contributed by atoms with Crippen LogP contribution in [-0.2, 0) is 6.42 Å². The summed E-state index contributed by atoms with van der Waals surface area (Å²) >= 11 is 6.06. The minimum Gasteiger partial charge on any atom is -0.469 e. The highest BCUT2D eigenvalue weighted by Crippen LogP contribution is 2.34. The lowest BCUT2D eigenvalue weighted by Crippen LogP contribution is -2.16. The Bertz CT molecular complexity index is 561. The third kappa shape index (κ3) is 2.13. The second kappa shape index (κ2) is 4.69. The average molecular weight is 262 g/mol. The van der Waals surface area contributed by atoms with Gasteiger partial charge in [0.15, 0.2) is 0 Å². The van der Waals surface area contributed by atoms with Crippen molar-refractivity contribution in [2.75, 3.05) is 5.32 Å². The van der Waals surface area contributed by atoms with Gasteiger partial charge >= 0.3 is 0 Å². The summed E-state index contributed by atoms with van der Waals surface area (Å²) in [5.41, 5.74) is 3.62. The number of hydrogen-bond donors (Lipinski definition) is 1. The second-order valence-corrected chi connectivity index (χ2v) is 5.28. The number of anilines is 1. The van der Waals surface area contributed by atoms with Gasteiger partial charge in [0.25, 0.3) is 0 Å². The molecule has 0 radical (unpaired) electrons. The van der Waals surface area contributed by atoms with Crippen LogP contribution in [-0.4, -0.2) is 0 Å². The van der Waals surface area contributed by atoms with Crippen molar-refractivity contribution in [2.45, 2.75) is 32.2 Å². The molecular formula is C15H16ClNO. The number of hydrogen-bond acceptors (Lipinski definition) is 2. The quantitative estimate of drug-likeness (QED) is 0.845. The molecule has 1 N–H and O–H groups in total. The van der Waals surface area contributed by atoms with Crippen molar-refractivity contribution >= 4 is 17.3 Å². The van der Waals surface area contributed by atoms with Gasteiger partial charge in [-0.1, -0.05) is 17.7 Å². The van der Waals surface area contributed by atoms with Gasteiger partial charge < -0.3 is 9.73 Å². The van der Waals surface area contributed by atoms with Crippen LogP contribution in [0.1, 0.15) is 35.8 Å². The number of benzene rings is 1. The van der Waals surface area contributed by atoms with Gasteiger partial charge in [-0.05, 0) is 43.5 Å². The fraction of sp³-hybridized carbons (Fsp3) is 0.333. The number of rotatable bonds is 2. The summed E-state index contributed by atoms with van der Waals surface area (Å²) in [6.07, 6.45) is 5.14. The van der Waals surface area contributed by atoms with Crippen LogP contribution in [0.25, 0.3) is 0 Å². The Morgan fingerprint density at radius 1 is 1.33 bits per heavy atom. The molecule has 3 heteroatoms. The monoisotopic (exact) mass is 261 g/mol. The highest BCUT2D eigenvalue weighted by atomic mass is 35.5. The maximum atomic E-state index is 6.06. The Labute approximate surface area is 112 Å². The van der Waals surface area contributed by atoms with Gasteiger partial charge in [0.2, 0.25) is 0 Å². The van der Waals surface area contributed by atoms with Crippen LogP contribution in [0.5, 0.6) is 0 Å². The molecule has 1 aromatic carbocycles. The van der Waals surface area contributed by atoms with Crippen LogP contribution in [0.4, 0.5) is 5.69 Å². The van der Waals surface area contributed by atoms with Crippen LogP contribution < -0.4 is 5.32 Å². The largest absolute Gasteiger partial charge is 0.469 e. The van der Waals surface area contributed by atoms with E-state index < -0.39 is 0 Å². The molecule has 3 rings (SSSR count). The van der Waals surface area contributed by atoms with Gasteiger partial charge in [-0.2, -0.15) is 0 Å². The van der Waals surface area contributed by atoms with E-state index >= 15 is 0 Å². The first kappa shape index (κ1) is 11.7. The number of furan rings is 1. The first-order valence-electron chi connectivity index (χ1n) is 6.33. The molecule has 0 saturated heterocycles. The molecule has 0 bridgehead atoms. The zero-order valence-electron chi connectivity index (χ0n) is 10.4. The lowest BCUT2D eigenvalue weighted by atomic mass is 9.93. The Hall–Kier alpha value is -1.41. The molecule has 18 heavy (non-hydrogen) atoms. The van der Waals surface area contributed by atoms with Crippen LogP contribution >= 0.6 is 11.6 Å². The van der Waals surface area contributed by atoms with E-state index in [1.807, 2.05) is 18.2 Å². The van der Waals surface area contributed by atoms with Crippen molar-refractivity contribution in [3.05, 3.63) is 52.4 Å². The Balaban J connectivity index is 1.88. The third-order valence-corrected chi connectivity index (χ3v) is 3.82. The van der Waals surface area contributed by atoms with Gasteiger partial charge in [0, 0.05) is 22.7 Å². The first-order chi connectivity index (χ1) is 8.74. The maximum absolute atomic E-state index is 6.06. The zero-order valence-corrected chi connectivity index (χ0v) is 11.1. The molecule has 1 aromatic heterocycles. The molecule has 94 valence electrons. The Kier molecular flexibility index (Phi) is 3.04. The Morgan fingerprint density at radius 2 is 2.22 bits per heavy atom. The van der Waals surface area contributed by atoms with Crippen molar-refractivity contribution < 1.29 is 4.42 Å². The number of halogens is 1. The van der Waals surface area contributed by atoms with Crippen LogP contribution in [0.2, 0.25) is 5.02 Å². The summed E-state index contributed by atoms with van der Waals surface area (Å²) in [6, 6.07) is 8.37. The molecule has 0 spiro atoms. The lowest BCUT2D eigenvalue weighted by molar-refractivity contribution is 0.461. The number of fused-ring (bicyclic) bond motifs is 1. The minimum atomic E-state index is 0.338. The molecule has 0 amide bonds. The number of nitrogens with one attached hydrogen (secondary N) is 1. The van der Waals surface area contributed by atoms with E-state index in [2.05, 4.69) is 18.3 Å². The average Bonchev–Trinajstić information content (AvgIpc) is 2.83. The van der Waals surface area contributed by atoms with Gasteiger partial charge in [0.1, 0.15) is 5.76 Å². The lowest BCUT2D eigenvalue weighted by Gasteiger charge is -2.24. The summed E-state index contributed by atoms with van der Waals surface area (Å²) in [7, 11) is 0. The zero-order chi connectivity index (χ0) is 12.5. The summed E-state index contributed by atoms with van der Waals surface area (Å²) in [5.74, 6) is 1.12. The molecule has 1 aliphatic carbocycles. The SMILES string of the molecule is Cc1ccc(Cl)cc1NC1CCCc2occc21.